The molecule has 0 atom stereocenters. The van der Waals surface area contributed by atoms with Gasteiger partial charge in [-0.15, -0.1) is 0 Å². The Balaban J connectivity index is 1.34. The molecule has 6 rings (SSSR count). The summed E-state index contributed by atoms with van der Waals surface area (Å²) >= 11 is 0. The van der Waals surface area contributed by atoms with Crippen LogP contribution in [0.5, 0.6) is 11.5 Å². The van der Waals surface area contributed by atoms with Crippen molar-refractivity contribution in [2.24, 2.45) is 5.92 Å². The molecular formula is C42H49N3O2. The van der Waals surface area contributed by atoms with Crippen LogP contribution in [-0.4, -0.2) is 28.1 Å². The second-order valence-corrected chi connectivity index (χ2v) is 12.9. The van der Waals surface area contributed by atoms with Crippen molar-refractivity contribution in [1.29, 1.82) is 0 Å². The molecule has 47 heavy (non-hydrogen) atoms. The largest absolute Gasteiger partial charge is 0.493 e. The van der Waals surface area contributed by atoms with Gasteiger partial charge in [0.05, 0.1) is 18.5 Å². The molecule has 1 aliphatic carbocycles. The first-order valence-corrected chi connectivity index (χ1v) is 17.5. The minimum Gasteiger partial charge on any atom is -0.493 e. The number of hydrogen-bond donors (Lipinski definition) is 0. The van der Waals surface area contributed by atoms with Crippen LogP contribution in [0.4, 0.5) is 0 Å². The molecule has 5 heteroatoms. The molecule has 1 heterocycles. The number of benzene rings is 4. The molecule has 244 valence electrons. The highest BCUT2D eigenvalue weighted by Gasteiger charge is 2.24. The fourth-order valence-corrected chi connectivity index (χ4v) is 6.89. The molecule has 0 aliphatic heterocycles. The molecule has 1 aliphatic rings. The van der Waals surface area contributed by atoms with Crippen molar-refractivity contribution in [1.82, 2.24) is 14.5 Å². The second kappa shape index (κ2) is 16.5. The summed E-state index contributed by atoms with van der Waals surface area (Å²) in [5.41, 5.74) is 7.11. The van der Waals surface area contributed by atoms with Crippen molar-refractivity contribution in [2.45, 2.75) is 78.1 Å². The summed E-state index contributed by atoms with van der Waals surface area (Å²) in [6.07, 6.45) is 8.90. The van der Waals surface area contributed by atoms with Crippen molar-refractivity contribution in [3.8, 4) is 34.1 Å². The molecule has 0 spiro atoms. The van der Waals surface area contributed by atoms with E-state index in [9.17, 15) is 0 Å². The molecule has 1 fully saturated rings. The summed E-state index contributed by atoms with van der Waals surface area (Å²) in [5, 5.41) is 0. The number of nitrogens with zero attached hydrogens (tertiary/aromatic N) is 3. The van der Waals surface area contributed by atoms with E-state index in [1.807, 2.05) is 18.2 Å². The maximum atomic E-state index is 6.20. The van der Waals surface area contributed by atoms with Crippen molar-refractivity contribution >= 4 is 0 Å². The maximum absolute atomic E-state index is 6.20. The Kier molecular flexibility index (Phi) is 11.4. The van der Waals surface area contributed by atoms with Crippen LogP contribution in [0, 0.1) is 5.92 Å². The lowest BCUT2D eigenvalue weighted by molar-refractivity contribution is 0.183. The Bertz CT molecular complexity index is 1660. The van der Waals surface area contributed by atoms with Gasteiger partial charge in [0.15, 0.2) is 11.5 Å². The maximum Gasteiger partial charge on any atom is 0.161 e. The van der Waals surface area contributed by atoms with Gasteiger partial charge in [0.1, 0.15) is 12.4 Å². The Morgan fingerprint density at radius 2 is 1.43 bits per heavy atom. The van der Waals surface area contributed by atoms with Crippen molar-refractivity contribution in [3.63, 3.8) is 0 Å². The van der Waals surface area contributed by atoms with Crippen molar-refractivity contribution in [3.05, 3.63) is 126 Å². The van der Waals surface area contributed by atoms with E-state index < -0.39 is 0 Å². The van der Waals surface area contributed by atoms with Gasteiger partial charge in [-0.1, -0.05) is 130 Å². The molecule has 0 bridgehead atoms. The Hall–Kier alpha value is -4.35. The average Bonchev–Trinajstić information content (AvgIpc) is 3.49. The van der Waals surface area contributed by atoms with Gasteiger partial charge in [0.25, 0.3) is 0 Å². The zero-order valence-corrected chi connectivity index (χ0v) is 28.1. The highest BCUT2D eigenvalue weighted by molar-refractivity contribution is 5.68. The van der Waals surface area contributed by atoms with Gasteiger partial charge in [-0.25, -0.2) is 4.98 Å². The monoisotopic (exact) mass is 627 g/mol. The van der Waals surface area contributed by atoms with Crippen LogP contribution in [0.2, 0.25) is 0 Å². The molecular weight excluding hydrogens is 578 g/mol. The van der Waals surface area contributed by atoms with E-state index in [0.717, 1.165) is 67.6 Å². The van der Waals surface area contributed by atoms with Crippen molar-refractivity contribution in [2.75, 3.05) is 13.7 Å². The van der Waals surface area contributed by atoms with Crippen LogP contribution in [0.25, 0.3) is 22.6 Å². The first-order valence-electron chi connectivity index (χ1n) is 17.5. The van der Waals surface area contributed by atoms with Gasteiger partial charge in [-0.3, -0.25) is 4.90 Å². The fourth-order valence-electron chi connectivity index (χ4n) is 6.89. The molecule has 5 aromatic rings. The van der Waals surface area contributed by atoms with E-state index in [0.29, 0.717) is 12.5 Å². The minimum absolute atomic E-state index is 0.512. The molecule has 0 radical (unpaired) electrons. The van der Waals surface area contributed by atoms with Gasteiger partial charge in [0, 0.05) is 37.3 Å². The third-order valence-electron chi connectivity index (χ3n) is 9.37. The van der Waals surface area contributed by atoms with Gasteiger partial charge in [-0.05, 0) is 48.4 Å². The topological polar surface area (TPSA) is 39.5 Å². The minimum atomic E-state index is 0.512. The van der Waals surface area contributed by atoms with E-state index >= 15 is 0 Å². The first kappa shape index (κ1) is 32.6. The number of rotatable bonds is 15. The summed E-state index contributed by atoms with van der Waals surface area (Å²) in [6, 6.07) is 38.2. The van der Waals surface area contributed by atoms with Gasteiger partial charge < -0.3 is 14.0 Å². The van der Waals surface area contributed by atoms with Crippen LogP contribution in [0.3, 0.4) is 0 Å². The van der Waals surface area contributed by atoms with Crippen LogP contribution in [0.1, 0.15) is 68.7 Å². The quantitative estimate of drug-likeness (QED) is 0.116. The summed E-state index contributed by atoms with van der Waals surface area (Å²) in [5.74, 6) is 3.32. The highest BCUT2D eigenvalue weighted by Crippen LogP contribution is 2.34. The molecule has 0 unspecified atom stereocenters. The molecule has 1 aromatic heterocycles. The first-order chi connectivity index (χ1) is 23.2. The van der Waals surface area contributed by atoms with Crippen LogP contribution in [0.15, 0.2) is 109 Å². The highest BCUT2D eigenvalue weighted by atomic mass is 16.5. The van der Waals surface area contributed by atoms with Crippen LogP contribution in [-0.2, 0) is 26.2 Å². The van der Waals surface area contributed by atoms with E-state index in [2.05, 4.69) is 107 Å². The predicted molar refractivity (Wildman–Crippen MR) is 192 cm³/mol. The smallest absolute Gasteiger partial charge is 0.161 e. The van der Waals surface area contributed by atoms with E-state index in [-0.39, 0.29) is 0 Å². The standard InChI is InChI=1S/C42H49N3O2/c1-3-4-27-45-38(41(36-21-13-7-14-22-36)43-42(45)37-23-15-8-16-24-37)31-44(29-33-17-9-5-10-18-33)30-35-25-26-39(40(28-35)46-2)47-32-34-19-11-6-12-20-34/h6-8,11-16,19-26,28,33H,3-5,9-10,17-18,27,29-32H2,1-2H3. The lowest BCUT2D eigenvalue weighted by Gasteiger charge is -2.30. The number of aromatic nitrogens is 2. The zero-order valence-electron chi connectivity index (χ0n) is 28.1. The average molecular weight is 628 g/mol. The number of hydrogen-bond acceptors (Lipinski definition) is 4. The number of ether oxygens (including phenoxy) is 2. The molecule has 4 aromatic carbocycles. The van der Waals surface area contributed by atoms with Gasteiger partial charge >= 0.3 is 0 Å². The fraction of sp³-hybridized carbons (Fsp3) is 0.357. The van der Waals surface area contributed by atoms with E-state index in [1.165, 1.54) is 54.5 Å². The summed E-state index contributed by atoms with van der Waals surface area (Å²) in [4.78, 5) is 8.06. The summed E-state index contributed by atoms with van der Waals surface area (Å²) < 4.78 is 14.6. The summed E-state index contributed by atoms with van der Waals surface area (Å²) in [6.45, 7) is 6.47. The molecule has 0 saturated heterocycles. The summed E-state index contributed by atoms with van der Waals surface area (Å²) in [7, 11) is 1.73. The molecule has 5 nitrogen and oxygen atoms in total. The van der Waals surface area contributed by atoms with Gasteiger partial charge in [-0.2, -0.15) is 0 Å². The lowest BCUT2D eigenvalue weighted by atomic mass is 9.89. The van der Waals surface area contributed by atoms with Crippen molar-refractivity contribution < 1.29 is 9.47 Å². The Labute approximate surface area is 281 Å². The SMILES string of the molecule is CCCCn1c(-c2ccccc2)nc(-c2ccccc2)c1CN(Cc1ccc(OCc2ccccc2)c(OC)c1)CC1CCCCC1. The molecule has 1 saturated carbocycles. The van der Waals surface area contributed by atoms with E-state index in [1.54, 1.807) is 7.11 Å². The third-order valence-corrected chi connectivity index (χ3v) is 9.37. The van der Waals surface area contributed by atoms with E-state index in [4.69, 9.17) is 14.5 Å². The Morgan fingerprint density at radius 3 is 2.11 bits per heavy atom. The number of imidazole rings is 1. The second-order valence-electron chi connectivity index (χ2n) is 12.9. The zero-order chi connectivity index (χ0) is 32.3. The number of unbranched alkanes of at least 4 members (excludes halogenated alkanes) is 1. The molecule has 0 N–H and O–H groups in total. The number of methoxy groups -OCH3 is 1. The normalized spacial score (nSPS) is 13.6. The van der Waals surface area contributed by atoms with Crippen LogP contribution >= 0.6 is 0 Å². The molecule has 0 amide bonds. The van der Waals surface area contributed by atoms with Gasteiger partial charge in [0.2, 0.25) is 0 Å². The predicted octanol–water partition coefficient (Wildman–Crippen LogP) is 10.2. The lowest BCUT2D eigenvalue weighted by Crippen LogP contribution is -2.31. The third kappa shape index (κ3) is 8.52. The Morgan fingerprint density at radius 1 is 0.745 bits per heavy atom. The van der Waals surface area contributed by atoms with Crippen LogP contribution < -0.4 is 9.47 Å².